The van der Waals surface area contributed by atoms with Gasteiger partial charge in [-0.1, -0.05) is 6.92 Å². The van der Waals surface area contributed by atoms with E-state index >= 15 is 0 Å². The average Bonchev–Trinajstić information content (AvgIpc) is 3.04. The zero-order valence-electron chi connectivity index (χ0n) is 13.3. The lowest BCUT2D eigenvalue weighted by Crippen LogP contribution is -2.49. The minimum atomic E-state index is 0.135. The van der Waals surface area contributed by atoms with Gasteiger partial charge in [-0.25, -0.2) is 4.98 Å². The Bertz CT molecular complexity index is 658. The molecule has 0 aromatic carbocycles. The van der Waals surface area contributed by atoms with Crippen LogP contribution in [0.3, 0.4) is 0 Å². The molecule has 0 aliphatic carbocycles. The van der Waals surface area contributed by atoms with Gasteiger partial charge in [0.15, 0.2) is 0 Å². The summed E-state index contributed by atoms with van der Waals surface area (Å²) in [5.74, 6) is 0.777. The van der Waals surface area contributed by atoms with E-state index in [0.29, 0.717) is 18.9 Å². The van der Waals surface area contributed by atoms with E-state index < -0.39 is 0 Å². The third-order valence-corrected chi connectivity index (χ3v) is 5.30. The van der Waals surface area contributed by atoms with Crippen LogP contribution in [0.4, 0.5) is 0 Å². The Hall–Kier alpha value is -1.79. The van der Waals surface area contributed by atoms with Gasteiger partial charge in [-0.3, -0.25) is 9.78 Å². The molecular weight excluding hydrogens is 308 g/mol. The third kappa shape index (κ3) is 3.76. The van der Waals surface area contributed by atoms with Crippen LogP contribution in [0.5, 0.6) is 0 Å². The van der Waals surface area contributed by atoms with E-state index in [1.807, 2.05) is 22.4 Å². The molecule has 0 saturated carbocycles. The molecule has 0 bridgehead atoms. The zero-order chi connectivity index (χ0) is 16.2. The number of rotatable bonds is 4. The van der Waals surface area contributed by atoms with Gasteiger partial charge in [0.05, 0.1) is 12.1 Å². The predicted octanol–water partition coefficient (Wildman–Crippen LogP) is 2.33. The molecule has 2 unspecified atom stereocenters. The van der Waals surface area contributed by atoms with Crippen molar-refractivity contribution in [2.24, 2.45) is 11.7 Å². The molecule has 5 nitrogen and oxygen atoms in total. The second kappa shape index (κ2) is 7.19. The van der Waals surface area contributed by atoms with Crippen LogP contribution in [0, 0.1) is 5.92 Å². The lowest BCUT2D eigenvalue weighted by molar-refractivity contribution is -0.134. The highest BCUT2D eigenvalue weighted by molar-refractivity contribution is 7.13. The summed E-state index contributed by atoms with van der Waals surface area (Å²) >= 11 is 1.55. The molecule has 122 valence electrons. The summed E-state index contributed by atoms with van der Waals surface area (Å²) in [6.45, 7) is 3.57. The molecule has 2 N–H and O–H groups in total. The monoisotopic (exact) mass is 330 g/mol. The number of piperidine rings is 1. The van der Waals surface area contributed by atoms with Gasteiger partial charge in [-0.05, 0) is 30.9 Å². The first kappa shape index (κ1) is 16.1. The quantitative estimate of drug-likeness (QED) is 0.934. The highest BCUT2D eigenvalue weighted by Gasteiger charge is 2.29. The Balaban J connectivity index is 1.67. The minimum Gasteiger partial charge on any atom is -0.338 e. The van der Waals surface area contributed by atoms with Gasteiger partial charge in [0.2, 0.25) is 5.91 Å². The van der Waals surface area contributed by atoms with Crippen molar-refractivity contribution >= 4 is 17.2 Å². The summed E-state index contributed by atoms with van der Waals surface area (Å²) in [6, 6.07) is 4.04. The number of hydrogen-bond acceptors (Lipinski definition) is 5. The standard InChI is InChI=1S/C17H22N4OS/c1-12-4-6-21(15(7-12)9-18)16(22)8-14-11-23-17(20-14)13-3-2-5-19-10-13/h2-3,5,10-12,15H,4,6-9,18H2,1H3. The van der Waals surface area contributed by atoms with Crippen LogP contribution in [-0.4, -0.2) is 39.9 Å². The van der Waals surface area contributed by atoms with Crippen molar-refractivity contribution in [3.63, 3.8) is 0 Å². The van der Waals surface area contributed by atoms with E-state index in [4.69, 9.17) is 5.73 Å². The third-order valence-electron chi connectivity index (χ3n) is 4.36. The number of hydrogen-bond donors (Lipinski definition) is 1. The summed E-state index contributed by atoms with van der Waals surface area (Å²) in [5.41, 5.74) is 7.67. The van der Waals surface area contributed by atoms with Crippen LogP contribution >= 0.6 is 11.3 Å². The summed E-state index contributed by atoms with van der Waals surface area (Å²) in [6.07, 6.45) is 5.94. The molecule has 0 radical (unpaired) electrons. The summed E-state index contributed by atoms with van der Waals surface area (Å²) in [5, 5.41) is 2.87. The average molecular weight is 330 g/mol. The molecule has 0 spiro atoms. The number of aromatic nitrogens is 2. The summed E-state index contributed by atoms with van der Waals surface area (Å²) in [4.78, 5) is 23.3. The number of nitrogens with two attached hydrogens (primary N) is 1. The molecule has 1 fully saturated rings. The Morgan fingerprint density at radius 1 is 1.52 bits per heavy atom. The van der Waals surface area contributed by atoms with Crippen LogP contribution in [0.15, 0.2) is 29.9 Å². The Labute approximate surface area is 140 Å². The number of pyridine rings is 1. The number of likely N-dealkylation sites (tertiary alicyclic amines) is 1. The highest BCUT2D eigenvalue weighted by atomic mass is 32.1. The van der Waals surface area contributed by atoms with E-state index in [9.17, 15) is 4.79 Å². The minimum absolute atomic E-state index is 0.135. The summed E-state index contributed by atoms with van der Waals surface area (Å²) < 4.78 is 0. The van der Waals surface area contributed by atoms with Crippen LogP contribution in [0.2, 0.25) is 0 Å². The molecule has 6 heteroatoms. The lowest BCUT2D eigenvalue weighted by Gasteiger charge is -2.38. The fraction of sp³-hybridized carbons (Fsp3) is 0.471. The van der Waals surface area contributed by atoms with Crippen molar-refractivity contribution in [3.8, 4) is 10.6 Å². The van der Waals surface area contributed by atoms with E-state index in [1.165, 1.54) is 0 Å². The topological polar surface area (TPSA) is 72.1 Å². The van der Waals surface area contributed by atoms with Gasteiger partial charge < -0.3 is 10.6 Å². The van der Waals surface area contributed by atoms with E-state index in [-0.39, 0.29) is 11.9 Å². The second-order valence-electron chi connectivity index (χ2n) is 6.17. The Kier molecular flexibility index (Phi) is 5.03. The first-order chi connectivity index (χ1) is 11.2. The van der Waals surface area contributed by atoms with Crippen LogP contribution in [-0.2, 0) is 11.2 Å². The van der Waals surface area contributed by atoms with Crippen molar-refractivity contribution in [3.05, 3.63) is 35.6 Å². The first-order valence-corrected chi connectivity index (χ1v) is 8.89. The molecule has 3 heterocycles. The number of carbonyl (C=O) groups is 1. The van der Waals surface area contributed by atoms with Crippen molar-refractivity contribution < 1.29 is 4.79 Å². The molecule has 1 amide bonds. The van der Waals surface area contributed by atoms with Crippen LogP contribution in [0.25, 0.3) is 10.6 Å². The maximum atomic E-state index is 12.6. The molecule has 1 saturated heterocycles. The normalized spacial score (nSPS) is 21.4. The van der Waals surface area contributed by atoms with Crippen molar-refractivity contribution in [2.45, 2.75) is 32.2 Å². The molecule has 2 atom stereocenters. The van der Waals surface area contributed by atoms with Gasteiger partial charge >= 0.3 is 0 Å². The fourth-order valence-corrected chi connectivity index (χ4v) is 3.88. The zero-order valence-corrected chi connectivity index (χ0v) is 14.1. The van der Waals surface area contributed by atoms with Crippen molar-refractivity contribution in [2.75, 3.05) is 13.1 Å². The number of thiazole rings is 1. The summed E-state index contributed by atoms with van der Waals surface area (Å²) in [7, 11) is 0. The van der Waals surface area contributed by atoms with Gasteiger partial charge in [-0.15, -0.1) is 11.3 Å². The second-order valence-corrected chi connectivity index (χ2v) is 7.03. The first-order valence-electron chi connectivity index (χ1n) is 8.01. The molecule has 3 rings (SSSR count). The highest BCUT2D eigenvalue weighted by Crippen LogP contribution is 2.25. The number of nitrogens with zero attached hydrogens (tertiary/aromatic N) is 3. The van der Waals surface area contributed by atoms with E-state index in [1.54, 1.807) is 23.7 Å². The van der Waals surface area contributed by atoms with Crippen LogP contribution in [0.1, 0.15) is 25.5 Å². The van der Waals surface area contributed by atoms with Crippen molar-refractivity contribution in [1.29, 1.82) is 0 Å². The lowest BCUT2D eigenvalue weighted by atomic mass is 9.92. The maximum absolute atomic E-state index is 12.6. The molecule has 1 aliphatic heterocycles. The van der Waals surface area contributed by atoms with E-state index in [2.05, 4.69) is 16.9 Å². The van der Waals surface area contributed by atoms with E-state index in [0.717, 1.165) is 35.7 Å². The smallest absolute Gasteiger partial charge is 0.228 e. The fourth-order valence-electron chi connectivity index (χ4n) is 3.07. The van der Waals surface area contributed by atoms with Crippen molar-refractivity contribution in [1.82, 2.24) is 14.9 Å². The van der Waals surface area contributed by atoms with Crippen LogP contribution < -0.4 is 5.73 Å². The van der Waals surface area contributed by atoms with Gasteiger partial charge in [0.1, 0.15) is 5.01 Å². The maximum Gasteiger partial charge on any atom is 0.228 e. The largest absolute Gasteiger partial charge is 0.338 e. The molecular formula is C17H22N4OS. The van der Waals surface area contributed by atoms with Gasteiger partial charge in [0.25, 0.3) is 0 Å². The Morgan fingerprint density at radius 3 is 3.13 bits per heavy atom. The number of amides is 1. The number of carbonyl (C=O) groups excluding carboxylic acids is 1. The van der Waals surface area contributed by atoms with Gasteiger partial charge in [0, 0.05) is 42.5 Å². The van der Waals surface area contributed by atoms with Gasteiger partial charge in [-0.2, -0.15) is 0 Å². The molecule has 2 aromatic heterocycles. The molecule has 2 aromatic rings. The SMILES string of the molecule is CC1CCN(C(=O)Cc2csc(-c3cccnc3)n2)C(CN)C1. The molecule has 1 aliphatic rings. The Morgan fingerprint density at radius 2 is 2.39 bits per heavy atom. The predicted molar refractivity (Wildman–Crippen MR) is 92.0 cm³/mol. The molecule has 23 heavy (non-hydrogen) atoms.